The maximum atomic E-state index is 2.65. The van der Waals surface area contributed by atoms with E-state index in [1.165, 1.54) is 77.0 Å². The SMILES string of the molecule is CCCC/C(I)=C(CCCC)/C(CCCC)=C(\I)CCCC. The first-order chi connectivity index (χ1) is 10.6. The van der Waals surface area contributed by atoms with E-state index < -0.39 is 0 Å². The first-order valence-corrected chi connectivity index (χ1v) is 11.5. The van der Waals surface area contributed by atoms with Gasteiger partial charge in [0.05, 0.1) is 0 Å². The summed E-state index contributed by atoms with van der Waals surface area (Å²) in [6, 6.07) is 0. The minimum absolute atomic E-state index is 1.28. The molecular weight excluding hydrogens is 494 g/mol. The molecule has 0 aromatic heterocycles. The Morgan fingerprint density at radius 3 is 1.05 bits per heavy atom. The Morgan fingerprint density at radius 2 is 0.773 bits per heavy atom. The molecule has 0 heterocycles. The number of halogens is 2. The summed E-state index contributed by atoms with van der Waals surface area (Å²) in [4.78, 5) is 0. The highest BCUT2D eigenvalue weighted by Crippen LogP contribution is 2.36. The zero-order chi connectivity index (χ0) is 16.8. The van der Waals surface area contributed by atoms with Gasteiger partial charge in [-0.15, -0.1) is 0 Å². The molecule has 0 aliphatic rings. The lowest BCUT2D eigenvalue weighted by Crippen LogP contribution is -1.98. The molecule has 0 aromatic carbocycles. The molecule has 0 bridgehead atoms. The third-order valence-electron chi connectivity index (χ3n) is 4.08. The zero-order valence-corrected chi connectivity index (χ0v) is 19.6. The Bertz CT molecular complexity index is 306. The lowest BCUT2D eigenvalue weighted by Gasteiger charge is -2.18. The number of rotatable bonds is 13. The summed E-state index contributed by atoms with van der Waals surface area (Å²) in [5.41, 5.74) is 3.43. The number of hydrogen-bond donors (Lipinski definition) is 0. The Balaban J connectivity index is 5.40. The third kappa shape index (κ3) is 9.94. The fourth-order valence-corrected chi connectivity index (χ4v) is 4.53. The van der Waals surface area contributed by atoms with E-state index in [4.69, 9.17) is 0 Å². The molecule has 0 unspecified atom stereocenters. The number of allylic oxidation sites excluding steroid dienone is 4. The summed E-state index contributed by atoms with van der Waals surface area (Å²) >= 11 is 5.29. The molecular formula is C20H36I2. The van der Waals surface area contributed by atoms with Gasteiger partial charge < -0.3 is 0 Å². The second kappa shape index (κ2) is 15.5. The van der Waals surface area contributed by atoms with E-state index in [1.54, 1.807) is 18.3 Å². The molecule has 130 valence electrons. The van der Waals surface area contributed by atoms with E-state index in [0.717, 1.165) is 0 Å². The standard InChI is InChI=1S/C20H36I2/c1-5-9-13-17(19(21)15-11-7-3)18(14-10-6-2)20(22)16-12-8-4/h5-16H2,1-4H3/b19-17-,20-18-. The monoisotopic (exact) mass is 530 g/mol. The molecule has 0 rings (SSSR count). The topological polar surface area (TPSA) is 0 Å². The molecule has 0 radical (unpaired) electrons. The summed E-state index contributed by atoms with van der Waals surface area (Å²) in [5, 5.41) is 0. The van der Waals surface area contributed by atoms with Crippen LogP contribution in [0.1, 0.15) is 105 Å². The molecule has 0 aliphatic carbocycles. The zero-order valence-electron chi connectivity index (χ0n) is 15.2. The molecule has 0 saturated heterocycles. The van der Waals surface area contributed by atoms with Gasteiger partial charge in [-0.2, -0.15) is 0 Å². The normalized spacial score (nSPS) is 13.9. The molecule has 0 aromatic rings. The van der Waals surface area contributed by atoms with E-state index in [2.05, 4.69) is 72.9 Å². The molecule has 22 heavy (non-hydrogen) atoms. The van der Waals surface area contributed by atoms with Crippen LogP contribution >= 0.6 is 45.2 Å². The van der Waals surface area contributed by atoms with Gasteiger partial charge in [0.15, 0.2) is 0 Å². The van der Waals surface area contributed by atoms with Crippen molar-refractivity contribution < 1.29 is 0 Å². The van der Waals surface area contributed by atoms with Crippen LogP contribution in [0.4, 0.5) is 0 Å². The average Bonchev–Trinajstić information content (AvgIpc) is 2.53. The van der Waals surface area contributed by atoms with Gasteiger partial charge in [-0.25, -0.2) is 0 Å². The average molecular weight is 530 g/mol. The highest BCUT2D eigenvalue weighted by atomic mass is 127. The second-order valence-corrected chi connectivity index (χ2v) is 8.79. The van der Waals surface area contributed by atoms with Crippen molar-refractivity contribution in [1.82, 2.24) is 0 Å². The molecule has 2 heteroatoms. The van der Waals surface area contributed by atoms with E-state index in [9.17, 15) is 0 Å². The highest BCUT2D eigenvalue weighted by Gasteiger charge is 2.13. The summed E-state index contributed by atoms with van der Waals surface area (Å²) in [6.45, 7) is 9.23. The lowest BCUT2D eigenvalue weighted by molar-refractivity contribution is 0.731. The summed E-state index contributed by atoms with van der Waals surface area (Å²) in [7, 11) is 0. The van der Waals surface area contributed by atoms with Gasteiger partial charge in [0.1, 0.15) is 0 Å². The Kier molecular flexibility index (Phi) is 16.1. The third-order valence-corrected chi connectivity index (χ3v) is 6.46. The quantitative estimate of drug-likeness (QED) is 0.165. The van der Waals surface area contributed by atoms with E-state index in [-0.39, 0.29) is 0 Å². The number of unbranched alkanes of at least 4 members (excludes halogenated alkanes) is 4. The first-order valence-electron chi connectivity index (χ1n) is 9.37. The highest BCUT2D eigenvalue weighted by molar-refractivity contribution is 14.1. The van der Waals surface area contributed by atoms with Crippen molar-refractivity contribution in [2.45, 2.75) is 105 Å². The van der Waals surface area contributed by atoms with Crippen molar-refractivity contribution >= 4 is 45.2 Å². The minimum atomic E-state index is 1.28. The minimum Gasteiger partial charge on any atom is -0.0654 e. The summed E-state index contributed by atoms with van der Waals surface area (Å²) in [5.74, 6) is 0. The molecule has 0 N–H and O–H groups in total. The Hall–Kier alpha value is 0.940. The maximum Gasteiger partial charge on any atom is -0.00590 e. The predicted octanol–water partition coefficient (Wildman–Crippen LogP) is 9.13. The van der Waals surface area contributed by atoms with Gasteiger partial charge in [-0.05, 0) is 115 Å². The second-order valence-electron chi connectivity index (χ2n) is 6.18. The van der Waals surface area contributed by atoms with Crippen molar-refractivity contribution in [3.8, 4) is 0 Å². The Morgan fingerprint density at radius 1 is 0.500 bits per heavy atom. The van der Waals surface area contributed by atoms with Gasteiger partial charge in [0, 0.05) is 0 Å². The number of hydrogen-bond acceptors (Lipinski definition) is 0. The van der Waals surface area contributed by atoms with Gasteiger partial charge in [-0.1, -0.05) is 53.4 Å². The van der Waals surface area contributed by atoms with Crippen molar-refractivity contribution in [3.63, 3.8) is 0 Å². The van der Waals surface area contributed by atoms with E-state index in [1.807, 2.05) is 0 Å². The van der Waals surface area contributed by atoms with Crippen LogP contribution < -0.4 is 0 Å². The maximum absolute atomic E-state index is 2.65. The van der Waals surface area contributed by atoms with Crippen LogP contribution in [0.25, 0.3) is 0 Å². The van der Waals surface area contributed by atoms with Crippen LogP contribution in [-0.4, -0.2) is 0 Å². The molecule has 0 atom stereocenters. The van der Waals surface area contributed by atoms with Crippen LogP contribution in [0.5, 0.6) is 0 Å². The van der Waals surface area contributed by atoms with Crippen LogP contribution in [0, 0.1) is 0 Å². The van der Waals surface area contributed by atoms with Crippen molar-refractivity contribution in [1.29, 1.82) is 0 Å². The summed E-state index contributed by atoms with van der Waals surface area (Å²) in [6.07, 6.45) is 15.7. The largest absolute Gasteiger partial charge is 0.0654 e. The molecule has 0 amide bonds. The van der Waals surface area contributed by atoms with Crippen LogP contribution in [0.3, 0.4) is 0 Å². The van der Waals surface area contributed by atoms with Crippen LogP contribution in [0.2, 0.25) is 0 Å². The van der Waals surface area contributed by atoms with Crippen LogP contribution in [-0.2, 0) is 0 Å². The van der Waals surface area contributed by atoms with Crippen molar-refractivity contribution in [2.24, 2.45) is 0 Å². The van der Waals surface area contributed by atoms with E-state index in [0.29, 0.717) is 0 Å². The first kappa shape index (κ1) is 22.9. The molecule has 0 spiro atoms. The summed E-state index contributed by atoms with van der Waals surface area (Å²) < 4.78 is 3.29. The van der Waals surface area contributed by atoms with Gasteiger partial charge in [-0.3, -0.25) is 0 Å². The molecule has 0 nitrogen and oxygen atoms in total. The lowest BCUT2D eigenvalue weighted by atomic mass is 9.93. The van der Waals surface area contributed by atoms with Crippen LogP contribution in [0.15, 0.2) is 18.3 Å². The van der Waals surface area contributed by atoms with Gasteiger partial charge >= 0.3 is 0 Å². The van der Waals surface area contributed by atoms with Gasteiger partial charge in [0.25, 0.3) is 0 Å². The van der Waals surface area contributed by atoms with Crippen molar-refractivity contribution in [2.75, 3.05) is 0 Å². The van der Waals surface area contributed by atoms with Gasteiger partial charge in [0.2, 0.25) is 0 Å². The molecule has 0 aliphatic heterocycles. The fraction of sp³-hybridized carbons (Fsp3) is 0.800. The Labute approximate surface area is 167 Å². The molecule has 0 saturated carbocycles. The fourth-order valence-electron chi connectivity index (χ4n) is 2.57. The molecule has 0 fully saturated rings. The van der Waals surface area contributed by atoms with E-state index >= 15 is 0 Å². The van der Waals surface area contributed by atoms with Crippen molar-refractivity contribution in [3.05, 3.63) is 18.3 Å². The predicted molar refractivity (Wildman–Crippen MR) is 120 cm³/mol. The smallest absolute Gasteiger partial charge is 0.00590 e.